The highest BCUT2D eigenvalue weighted by Gasteiger charge is 2.34. The van der Waals surface area contributed by atoms with E-state index in [1.807, 2.05) is 43.5 Å². The number of ether oxygens (including phenoxy) is 1. The van der Waals surface area contributed by atoms with Gasteiger partial charge in [-0.2, -0.15) is 0 Å². The topological polar surface area (TPSA) is 74.4 Å². The van der Waals surface area contributed by atoms with Gasteiger partial charge in [0.15, 0.2) is 0 Å². The number of halogens is 1. The summed E-state index contributed by atoms with van der Waals surface area (Å²) in [6.07, 6.45) is 2.90. The number of rotatable bonds is 7. The Labute approximate surface area is 180 Å². The molecule has 0 aliphatic carbocycles. The Morgan fingerprint density at radius 1 is 1.27 bits per heavy atom. The van der Waals surface area contributed by atoms with Crippen LogP contribution in [0.3, 0.4) is 0 Å². The zero-order valence-corrected chi connectivity index (χ0v) is 17.5. The Morgan fingerprint density at radius 2 is 2.07 bits per heavy atom. The van der Waals surface area contributed by atoms with Crippen molar-refractivity contribution in [2.24, 2.45) is 5.92 Å². The molecule has 30 heavy (non-hydrogen) atoms. The Kier molecular flexibility index (Phi) is 5.95. The van der Waals surface area contributed by atoms with E-state index in [1.54, 1.807) is 17.0 Å². The molecule has 7 heteroatoms. The second kappa shape index (κ2) is 8.79. The van der Waals surface area contributed by atoms with Crippen molar-refractivity contribution in [1.82, 2.24) is 9.88 Å². The molecule has 1 saturated heterocycles. The van der Waals surface area contributed by atoms with Crippen LogP contribution in [0.2, 0.25) is 5.02 Å². The van der Waals surface area contributed by atoms with Gasteiger partial charge in [-0.25, -0.2) is 0 Å². The molecule has 4 rings (SSSR count). The first-order chi connectivity index (χ1) is 14.5. The number of likely N-dealkylation sites (tertiary alicyclic amines) is 1. The van der Waals surface area contributed by atoms with Gasteiger partial charge in [-0.05, 0) is 61.4 Å². The number of aromatic nitrogens is 1. The van der Waals surface area contributed by atoms with Crippen LogP contribution in [0.5, 0.6) is 5.75 Å². The van der Waals surface area contributed by atoms with Crippen LogP contribution in [0.1, 0.15) is 18.9 Å². The van der Waals surface area contributed by atoms with Crippen molar-refractivity contribution in [2.75, 3.05) is 25.0 Å². The number of carbonyl (C=O) groups is 2. The summed E-state index contributed by atoms with van der Waals surface area (Å²) in [5.41, 5.74) is 2.84. The molecule has 156 valence electrons. The molecule has 2 heterocycles. The largest absolute Gasteiger partial charge is 0.494 e. The van der Waals surface area contributed by atoms with Crippen molar-refractivity contribution in [1.29, 1.82) is 0 Å². The summed E-state index contributed by atoms with van der Waals surface area (Å²) in [7, 11) is 0. The van der Waals surface area contributed by atoms with E-state index in [0.717, 1.165) is 22.2 Å². The van der Waals surface area contributed by atoms with E-state index >= 15 is 0 Å². The number of nitrogens with zero attached hydrogens (tertiary/aromatic N) is 1. The van der Waals surface area contributed by atoms with E-state index in [9.17, 15) is 9.59 Å². The molecule has 0 unspecified atom stereocenters. The molecule has 0 spiro atoms. The van der Waals surface area contributed by atoms with E-state index in [2.05, 4.69) is 10.3 Å². The molecule has 2 amide bonds. The highest BCUT2D eigenvalue weighted by molar-refractivity contribution is 6.31. The summed E-state index contributed by atoms with van der Waals surface area (Å²) in [6, 6.07) is 13.0. The fourth-order valence-corrected chi connectivity index (χ4v) is 3.99. The number of H-pyrrole nitrogens is 1. The molecule has 1 atom stereocenters. The Hall–Kier alpha value is -2.99. The summed E-state index contributed by atoms with van der Waals surface area (Å²) in [6.45, 7) is 3.53. The second-order valence-corrected chi connectivity index (χ2v) is 7.88. The van der Waals surface area contributed by atoms with Crippen LogP contribution in [0.15, 0.2) is 48.7 Å². The van der Waals surface area contributed by atoms with Gasteiger partial charge in [0.05, 0.1) is 12.5 Å². The van der Waals surface area contributed by atoms with Crippen LogP contribution < -0.4 is 10.1 Å². The first-order valence-corrected chi connectivity index (χ1v) is 10.5. The van der Waals surface area contributed by atoms with Crippen LogP contribution in [0.25, 0.3) is 10.9 Å². The summed E-state index contributed by atoms with van der Waals surface area (Å²) < 4.78 is 5.41. The third kappa shape index (κ3) is 4.44. The van der Waals surface area contributed by atoms with Gasteiger partial charge in [0.1, 0.15) is 5.75 Å². The van der Waals surface area contributed by atoms with Crippen LogP contribution in [-0.2, 0) is 16.0 Å². The smallest absolute Gasteiger partial charge is 0.229 e. The van der Waals surface area contributed by atoms with Crippen molar-refractivity contribution in [3.8, 4) is 5.75 Å². The van der Waals surface area contributed by atoms with Gasteiger partial charge in [0.25, 0.3) is 0 Å². The fourth-order valence-electron chi connectivity index (χ4n) is 3.82. The third-order valence-corrected chi connectivity index (χ3v) is 5.63. The minimum Gasteiger partial charge on any atom is -0.494 e. The first-order valence-electron chi connectivity index (χ1n) is 10.1. The summed E-state index contributed by atoms with van der Waals surface area (Å²) in [4.78, 5) is 30.1. The summed E-state index contributed by atoms with van der Waals surface area (Å²) in [5, 5.41) is 4.66. The van der Waals surface area contributed by atoms with Crippen LogP contribution in [0.4, 0.5) is 5.69 Å². The number of hydrogen-bond donors (Lipinski definition) is 2. The monoisotopic (exact) mass is 425 g/mol. The number of hydrogen-bond acceptors (Lipinski definition) is 3. The van der Waals surface area contributed by atoms with Crippen molar-refractivity contribution in [3.05, 3.63) is 59.2 Å². The van der Waals surface area contributed by atoms with Gasteiger partial charge in [0, 0.05) is 47.3 Å². The molecule has 1 aliphatic heterocycles. The molecule has 0 bridgehead atoms. The maximum Gasteiger partial charge on any atom is 0.229 e. The molecule has 1 fully saturated rings. The van der Waals surface area contributed by atoms with E-state index in [1.165, 1.54) is 0 Å². The lowest BCUT2D eigenvalue weighted by Gasteiger charge is -2.16. The zero-order chi connectivity index (χ0) is 21.1. The molecule has 3 aromatic rings. The summed E-state index contributed by atoms with van der Waals surface area (Å²) >= 11 is 6.11. The van der Waals surface area contributed by atoms with Gasteiger partial charge in [-0.3, -0.25) is 9.59 Å². The van der Waals surface area contributed by atoms with Gasteiger partial charge < -0.3 is 19.9 Å². The van der Waals surface area contributed by atoms with Crippen LogP contribution in [0, 0.1) is 5.92 Å². The molecule has 1 aliphatic rings. The number of fused-ring (bicyclic) bond motifs is 1. The van der Waals surface area contributed by atoms with Crippen molar-refractivity contribution >= 4 is 40.0 Å². The quantitative estimate of drug-likeness (QED) is 0.594. The van der Waals surface area contributed by atoms with E-state index < -0.39 is 0 Å². The molecule has 6 nitrogen and oxygen atoms in total. The highest BCUT2D eigenvalue weighted by Crippen LogP contribution is 2.25. The number of aromatic amines is 1. The van der Waals surface area contributed by atoms with Gasteiger partial charge in [0.2, 0.25) is 11.8 Å². The maximum atomic E-state index is 12.6. The van der Waals surface area contributed by atoms with Crippen LogP contribution >= 0.6 is 11.6 Å². The van der Waals surface area contributed by atoms with E-state index in [4.69, 9.17) is 16.3 Å². The molecule has 2 aromatic carbocycles. The Bertz CT molecular complexity index is 1060. The van der Waals surface area contributed by atoms with E-state index in [-0.39, 0.29) is 24.2 Å². The first kappa shape index (κ1) is 20.3. The molecular weight excluding hydrogens is 402 g/mol. The lowest BCUT2D eigenvalue weighted by molar-refractivity contribution is -0.128. The number of benzene rings is 2. The highest BCUT2D eigenvalue weighted by atomic mass is 35.5. The SMILES string of the molecule is CCOc1ccc(NC(=O)[C@H]2CC(=O)N(CCc3c[nH]c4ccc(Cl)cc34)C2)cc1. The lowest BCUT2D eigenvalue weighted by atomic mass is 10.1. The van der Waals surface area contributed by atoms with Gasteiger partial charge in [-0.15, -0.1) is 0 Å². The van der Waals surface area contributed by atoms with E-state index in [0.29, 0.717) is 36.8 Å². The van der Waals surface area contributed by atoms with Crippen molar-refractivity contribution in [3.63, 3.8) is 0 Å². The average molecular weight is 426 g/mol. The molecule has 2 N–H and O–H groups in total. The predicted octanol–water partition coefficient (Wildman–Crippen LogP) is 4.25. The normalized spacial score (nSPS) is 16.3. The Balaban J connectivity index is 1.34. The maximum absolute atomic E-state index is 12.6. The number of nitrogens with one attached hydrogen (secondary N) is 2. The summed E-state index contributed by atoms with van der Waals surface area (Å²) in [5.74, 6) is 0.298. The zero-order valence-electron chi connectivity index (χ0n) is 16.8. The molecule has 1 aromatic heterocycles. The third-order valence-electron chi connectivity index (χ3n) is 5.40. The minimum absolute atomic E-state index is 0.0136. The minimum atomic E-state index is -0.346. The van der Waals surface area contributed by atoms with Crippen molar-refractivity contribution in [2.45, 2.75) is 19.8 Å². The lowest BCUT2D eigenvalue weighted by Crippen LogP contribution is -2.30. The Morgan fingerprint density at radius 3 is 2.83 bits per heavy atom. The van der Waals surface area contributed by atoms with Gasteiger partial charge in [-0.1, -0.05) is 11.6 Å². The molecule has 0 radical (unpaired) electrons. The van der Waals surface area contributed by atoms with Crippen LogP contribution in [-0.4, -0.2) is 41.4 Å². The molecule has 0 saturated carbocycles. The fraction of sp³-hybridized carbons (Fsp3) is 0.304. The standard InChI is InChI=1S/C23H24ClN3O3/c1-2-30-19-6-4-18(5-7-19)26-23(29)16-11-22(28)27(14-16)10-9-15-13-25-21-8-3-17(24)12-20(15)21/h3-8,12-13,16,25H,2,9-11,14H2,1H3,(H,26,29)/t16-/m0/s1. The predicted molar refractivity (Wildman–Crippen MR) is 118 cm³/mol. The molecular formula is C23H24ClN3O3. The number of anilines is 1. The number of carbonyl (C=O) groups excluding carboxylic acids is 2. The second-order valence-electron chi connectivity index (χ2n) is 7.44. The average Bonchev–Trinajstić information content (AvgIpc) is 3.31. The number of amides is 2. The van der Waals surface area contributed by atoms with Gasteiger partial charge >= 0.3 is 0 Å². The van der Waals surface area contributed by atoms with Crippen molar-refractivity contribution < 1.29 is 14.3 Å².